The topological polar surface area (TPSA) is 49.4 Å². The average Bonchev–Trinajstić information content (AvgIpc) is 3.14. The van der Waals surface area contributed by atoms with E-state index in [1.54, 1.807) is 36.4 Å². The zero-order valence-electron chi connectivity index (χ0n) is 16.2. The quantitative estimate of drug-likeness (QED) is 0.699. The Labute approximate surface area is 171 Å². The van der Waals surface area contributed by atoms with Gasteiger partial charge in [0.25, 0.3) is 6.43 Å². The first-order valence-corrected chi connectivity index (χ1v) is 9.31. The molecule has 1 atom stereocenters. The molecule has 0 aliphatic carbocycles. The summed E-state index contributed by atoms with van der Waals surface area (Å²) in [6, 6.07) is 11.0. The summed E-state index contributed by atoms with van der Waals surface area (Å²) in [6.45, 7) is -0.0855. The Balaban J connectivity index is 2.16. The smallest absolute Gasteiger partial charge is 0.318 e. The molecule has 2 amide bonds. The molecule has 2 aromatic carbocycles. The van der Waals surface area contributed by atoms with Crippen LogP contribution in [0.5, 0.6) is 0 Å². The number of amides is 2. The van der Waals surface area contributed by atoms with Crippen LogP contribution in [-0.2, 0) is 10.3 Å². The van der Waals surface area contributed by atoms with Crippen molar-refractivity contribution in [3.63, 3.8) is 0 Å². The molecule has 0 aromatic heterocycles. The molecule has 0 saturated carbocycles. The van der Waals surface area contributed by atoms with E-state index in [1.165, 1.54) is 11.9 Å². The number of ketones is 1. The number of urea groups is 1. The minimum atomic E-state index is -3.13. The largest absolute Gasteiger partial charge is 0.341 e. The molecule has 0 saturated heterocycles. The predicted octanol–water partition coefficient (Wildman–Crippen LogP) is 4.51. The van der Waals surface area contributed by atoms with Gasteiger partial charge in [0.05, 0.1) is 5.54 Å². The van der Waals surface area contributed by atoms with Crippen LogP contribution in [0.1, 0.15) is 24.0 Å². The van der Waals surface area contributed by atoms with Gasteiger partial charge in [-0.1, -0.05) is 30.3 Å². The fourth-order valence-electron chi connectivity index (χ4n) is 3.76. The summed E-state index contributed by atoms with van der Waals surface area (Å²) in [6.07, 6.45) is -2.19. The van der Waals surface area contributed by atoms with Gasteiger partial charge in [-0.15, -0.1) is 0 Å². The highest BCUT2D eigenvalue weighted by Crippen LogP contribution is 2.44. The molecule has 30 heavy (non-hydrogen) atoms. The van der Waals surface area contributed by atoms with Crippen molar-refractivity contribution in [1.29, 1.82) is 0 Å². The van der Waals surface area contributed by atoms with Gasteiger partial charge in [-0.05, 0) is 41.8 Å². The van der Waals surface area contributed by atoms with Crippen molar-refractivity contribution < 1.29 is 27.2 Å². The lowest BCUT2D eigenvalue weighted by molar-refractivity contribution is -0.130. The maximum absolute atomic E-state index is 14.4. The highest BCUT2D eigenvalue weighted by molar-refractivity contribution is 5.85. The third-order valence-corrected chi connectivity index (χ3v) is 5.23. The number of halogens is 4. The Hall–Kier alpha value is -3.16. The van der Waals surface area contributed by atoms with Crippen molar-refractivity contribution in [2.75, 3.05) is 13.6 Å². The van der Waals surface area contributed by atoms with Gasteiger partial charge in [0, 0.05) is 25.6 Å². The lowest BCUT2D eigenvalue weighted by atomic mass is 9.83. The maximum atomic E-state index is 14.4. The number of carbonyl (C=O) groups is 2. The molecule has 1 aliphatic heterocycles. The minimum absolute atomic E-state index is 0.0260. The molecule has 0 spiro atoms. The van der Waals surface area contributed by atoms with Gasteiger partial charge in [0.15, 0.2) is 5.78 Å². The van der Waals surface area contributed by atoms with Gasteiger partial charge in [0.2, 0.25) is 0 Å². The molecule has 1 N–H and O–H groups in total. The van der Waals surface area contributed by atoms with Gasteiger partial charge in [-0.3, -0.25) is 4.79 Å². The van der Waals surface area contributed by atoms with Crippen LogP contribution in [0, 0.1) is 11.6 Å². The zero-order chi connectivity index (χ0) is 21.9. The van der Waals surface area contributed by atoms with Crippen LogP contribution >= 0.6 is 0 Å². The molecular weight excluding hydrogens is 400 g/mol. The highest BCUT2D eigenvalue weighted by Gasteiger charge is 2.45. The van der Waals surface area contributed by atoms with Crippen LogP contribution in [0.4, 0.5) is 22.4 Å². The van der Waals surface area contributed by atoms with E-state index in [-0.39, 0.29) is 18.5 Å². The Bertz CT molecular complexity index is 978. The van der Waals surface area contributed by atoms with Crippen LogP contribution < -0.4 is 5.32 Å². The summed E-state index contributed by atoms with van der Waals surface area (Å²) in [5.41, 5.74) is -0.409. The first kappa shape index (κ1) is 21.5. The second-order valence-corrected chi connectivity index (χ2v) is 6.99. The molecule has 0 radical (unpaired) electrons. The van der Waals surface area contributed by atoms with E-state index in [0.29, 0.717) is 11.1 Å². The molecule has 1 heterocycles. The fourth-order valence-corrected chi connectivity index (χ4v) is 3.76. The summed E-state index contributed by atoms with van der Waals surface area (Å²) in [5.74, 6) is -2.57. The molecule has 0 bridgehead atoms. The van der Waals surface area contributed by atoms with E-state index in [0.717, 1.165) is 18.2 Å². The Kier molecular flexibility index (Phi) is 6.24. The standard InChI is InChI=1S/C22H20F4N2O2/c1-27-21(30)28-13-14(17-11-16(23)7-8-18(17)24)12-22(28,10-9-19(29)20(25)26)15-5-3-2-4-6-15/h2-8,11-12,20H,9-10,13H2,1H3,(H,27,30)/t22-/m0/s1. The third-order valence-electron chi connectivity index (χ3n) is 5.23. The molecule has 3 rings (SSSR count). The van der Waals surface area contributed by atoms with Gasteiger partial charge in [0.1, 0.15) is 11.6 Å². The molecule has 8 heteroatoms. The van der Waals surface area contributed by atoms with Crippen LogP contribution in [0.15, 0.2) is 54.6 Å². The van der Waals surface area contributed by atoms with Gasteiger partial charge in [-0.25, -0.2) is 22.4 Å². The van der Waals surface area contributed by atoms with Crippen molar-refractivity contribution in [3.8, 4) is 0 Å². The number of hydrogen-bond donors (Lipinski definition) is 1. The van der Waals surface area contributed by atoms with Crippen molar-refractivity contribution in [3.05, 3.63) is 77.4 Å². The minimum Gasteiger partial charge on any atom is -0.341 e. The third kappa shape index (κ3) is 4.08. The highest BCUT2D eigenvalue weighted by atomic mass is 19.3. The van der Waals surface area contributed by atoms with Crippen molar-refractivity contribution >= 4 is 17.4 Å². The fraction of sp³-hybridized carbons (Fsp3) is 0.273. The zero-order valence-corrected chi connectivity index (χ0v) is 16.2. The number of alkyl halides is 2. The van der Waals surface area contributed by atoms with Crippen LogP contribution in [-0.4, -0.2) is 36.7 Å². The molecule has 2 aromatic rings. The Morgan fingerprint density at radius 2 is 1.83 bits per heavy atom. The second kappa shape index (κ2) is 8.69. The maximum Gasteiger partial charge on any atom is 0.318 e. The van der Waals surface area contributed by atoms with Crippen LogP contribution in [0.25, 0.3) is 5.57 Å². The van der Waals surface area contributed by atoms with Gasteiger partial charge >= 0.3 is 6.03 Å². The number of Topliss-reactive ketones (excluding diaryl/α,β-unsaturated/α-hetero) is 1. The van der Waals surface area contributed by atoms with Crippen LogP contribution in [0.3, 0.4) is 0 Å². The molecule has 4 nitrogen and oxygen atoms in total. The number of nitrogens with zero attached hydrogens (tertiary/aromatic N) is 1. The number of rotatable bonds is 6. The van der Waals surface area contributed by atoms with E-state index >= 15 is 0 Å². The summed E-state index contributed by atoms with van der Waals surface area (Å²) < 4.78 is 53.9. The summed E-state index contributed by atoms with van der Waals surface area (Å²) in [5, 5.41) is 2.49. The molecule has 0 fully saturated rings. The van der Waals surface area contributed by atoms with Crippen molar-refractivity contribution in [2.24, 2.45) is 0 Å². The first-order chi connectivity index (χ1) is 14.3. The Morgan fingerprint density at radius 3 is 2.47 bits per heavy atom. The predicted molar refractivity (Wildman–Crippen MR) is 104 cm³/mol. The SMILES string of the molecule is CNC(=O)N1CC(c2cc(F)ccc2F)=C[C@@]1(CCC(=O)C(F)F)c1ccccc1. The Morgan fingerprint density at radius 1 is 1.13 bits per heavy atom. The van der Waals surface area contributed by atoms with Crippen molar-refractivity contribution in [2.45, 2.75) is 24.8 Å². The van der Waals surface area contributed by atoms with E-state index in [1.807, 2.05) is 0 Å². The number of nitrogens with one attached hydrogen (secondary N) is 1. The lowest BCUT2D eigenvalue weighted by Crippen LogP contribution is -2.49. The van der Waals surface area contributed by atoms with Crippen LogP contribution in [0.2, 0.25) is 0 Å². The lowest BCUT2D eigenvalue weighted by Gasteiger charge is -2.38. The van der Waals surface area contributed by atoms with E-state index < -0.39 is 41.8 Å². The first-order valence-electron chi connectivity index (χ1n) is 9.31. The van der Waals surface area contributed by atoms with E-state index in [2.05, 4.69) is 5.32 Å². The number of benzene rings is 2. The summed E-state index contributed by atoms with van der Waals surface area (Å²) in [7, 11) is 1.41. The van der Waals surface area contributed by atoms with Crippen molar-refractivity contribution in [1.82, 2.24) is 10.2 Å². The molecular formula is C22H20F4N2O2. The summed E-state index contributed by atoms with van der Waals surface area (Å²) >= 11 is 0. The monoisotopic (exact) mass is 420 g/mol. The molecule has 158 valence electrons. The summed E-state index contributed by atoms with van der Waals surface area (Å²) in [4.78, 5) is 25.7. The van der Waals surface area contributed by atoms with E-state index in [9.17, 15) is 27.2 Å². The second-order valence-electron chi connectivity index (χ2n) is 6.99. The number of hydrogen-bond acceptors (Lipinski definition) is 2. The van der Waals surface area contributed by atoms with E-state index in [4.69, 9.17) is 0 Å². The normalized spacial score (nSPS) is 18.5. The van der Waals surface area contributed by atoms with Gasteiger partial charge < -0.3 is 10.2 Å². The van der Waals surface area contributed by atoms with Gasteiger partial charge in [-0.2, -0.15) is 0 Å². The average molecular weight is 420 g/mol. The molecule has 1 aliphatic rings. The molecule has 0 unspecified atom stereocenters. The number of carbonyl (C=O) groups excluding carboxylic acids is 2.